The molecule has 0 fully saturated rings. The van der Waals surface area contributed by atoms with Crippen LogP contribution in [0.1, 0.15) is 0 Å². The van der Waals surface area contributed by atoms with Crippen LogP contribution in [-0.4, -0.2) is 30.2 Å². The number of halogens is 2. The van der Waals surface area contributed by atoms with Gasteiger partial charge in [-0.25, -0.2) is 4.98 Å². The van der Waals surface area contributed by atoms with E-state index in [-0.39, 0.29) is 0 Å². The third kappa shape index (κ3) is 4.06. The average molecular weight is 363 g/mol. The molecule has 0 aliphatic rings. The second kappa shape index (κ2) is 7.66. The minimum absolute atomic E-state index is 0.465. The fraction of sp³-hybridized carbons (Fsp3) is 0.176. The summed E-state index contributed by atoms with van der Waals surface area (Å²) in [4.78, 5) is 9.09. The molecule has 124 valence electrons. The number of para-hydroxylation sites is 1. The first kappa shape index (κ1) is 16.8. The zero-order valence-electron chi connectivity index (χ0n) is 13.0. The normalized spacial score (nSPS) is 10.8. The topological polar surface area (TPSA) is 59.1 Å². The zero-order chi connectivity index (χ0) is 16.9. The minimum atomic E-state index is 0.465. The smallest absolute Gasteiger partial charge is 0.229 e. The number of fused-ring (bicyclic) bond motifs is 1. The maximum Gasteiger partial charge on any atom is 0.229 e. The van der Waals surface area contributed by atoms with Crippen molar-refractivity contribution in [1.82, 2.24) is 9.97 Å². The van der Waals surface area contributed by atoms with Gasteiger partial charge in [-0.3, -0.25) is 0 Å². The molecule has 0 unspecified atom stereocenters. The van der Waals surface area contributed by atoms with Crippen LogP contribution in [0.3, 0.4) is 0 Å². The van der Waals surface area contributed by atoms with Gasteiger partial charge in [-0.1, -0.05) is 35.3 Å². The Morgan fingerprint density at radius 2 is 1.79 bits per heavy atom. The molecule has 0 radical (unpaired) electrons. The fourth-order valence-electron chi connectivity index (χ4n) is 2.29. The van der Waals surface area contributed by atoms with Gasteiger partial charge >= 0.3 is 0 Å². The lowest BCUT2D eigenvalue weighted by Gasteiger charge is -2.12. The Labute approximate surface area is 150 Å². The predicted octanol–water partition coefficient (Wildman–Crippen LogP) is 4.74. The largest absolute Gasteiger partial charge is 0.383 e. The van der Waals surface area contributed by atoms with E-state index in [1.54, 1.807) is 25.3 Å². The van der Waals surface area contributed by atoms with Gasteiger partial charge in [-0.2, -0.15) is 4.98 Å². The van der Waals surface area contributed by atoms with E-state index in [0.29, 0.717) is 29.1 Å². The van der Waals surface area contributed by atoms with E-state index < -0.39 is 0 Å². The first-order chi connectivity index (χ1) is 11.7. The summed E-state index contributed by atoms with van der Waals surface area (Å²) in [6.07, 6.45) is 0. The van der Waals surface area contributed by atoms with Crippen LogP contribution in [0.5, 0.6) is 0 Å². The van der Waals surface area contributed by atoms with Gasteiger partial charge in [0.1, 0.15) is 5.82 Å². The maximum atomic E-state index is 6.04. The molecule has 2 aromatic carbocycles. The van der Waals surface area contributed by atoms with Crippen LogP contribution in [0.4, 0.5) is 17.5 Å². The van der Waals surface area contributed by atoms with Gasteiger partial charge in [0, 0.05) is 34.8 Å². The fourth-order valence-corrected chi connectivity index (χ4v) is 2.82. The maximum absolute atomic E-state index is 6.04. The summed E-state index contributed by atoms with van der Waals surface area (Å²) in [5.41, 5.74) is 1.56. The molecule has 3 rings (SSSR count). The molecular weight excluding hydrogens is 347 g/mol. The molecule has 2 N–H and O–H groups in total. The van der Waals surface area contributed by atoms with Crippen LogP contribution < -0.4 is 10.6 Å². The lowest BCUT2D eigenvalue weighted by molar-refractivity contribution is 0.210. The molecule has 0 spiro atoms. The Morgan fingerprint density at radius 1 is 1.04 bits per heavy atom. The molecule has 7 heteroatoms. The molecule has 0 saturated heterocycles. The lowest BCUT2D eigenvalue weighted by Crippen LogP contribution is -2.10. The van der Waals surface area contributed by atoms with Gasteiger partial charge in [-0.15, -0.1) is 0 Å². The summed E-state index contributed by atoms with van der Waals surface area (Å²) in [6.45, 7) is 1.24. The molecule has 0 bridgehead atoms. The van der Waals surface area contributed by atoms with E-state index in [9.17, 15) is 0 Å². The van der Waals surface area contributed by atoms with Crippen LogP contribution in [0.2, 0.25) is 10.0 Å². The van der Waals surface area contributed by atoms with Crippen molar-refractivity contribution in [1.29, 1.82) is 0 Å². The highest BCUT2D eigenvalue weighted by atomic mass is 35.5. The number of methoxy groups -OCH3 is 1. The first-order valence-corrected chi connectivity index (χ1v) is 8.14. The zero-order valence-corrected chi connectivity index (χ0v) is 14.5. The summed E-state index contributed by atoms with van der Waals surface area (Å²) in [7, 11) is 1.66. The molecule has 24 heavy (non-hydrogen) atoms. The number of anilines is 3. The van der Waals surface area contributed by atoms with Crippen molar-refractivity contribution in [3.8, 4) is 0 Å². The van der Waals surface area contributed by atoms with Gasteiger partial charge in [0.2, 0.25) is 5.95 Å². The van der Waals surface area contributed by atoms with Gasteiger partial charge < -0.3 is 15.4 Å². The molecule has 0 saturated carbocycles. The van der Waals surface area contributed by atoms with Crippen molar-refractivity contribution in [3.63, 3.8) is 0 Å². The number of hydrogen-bond donors (Lipinski definition) is 2. The van der Waals surface area contributed by atoms with E-state index in [1.165, 1.54) is 0 Å². The first-order valence-electron chi connectivity index (χ1n) is 7.38. The number of aromatic nitrogens is 2. The third-order valence-corrected chi connectivity index (χ3v) is 3.76. The number of benzene rings is 2. The van der Waals surface area contributed by atoms with Gasteiger partial charge in [0.25, 0.3) is 0 Å². The van der Waals surface area contributed by atoms with Crippen LogP contribution in [0, 0.1) is 0 Å². The molecule has 5 nitrogen and oxygen atoms in total. The molecule has 0 atom stereocenters. The third-order valence-electron chi connectivity index (χ3n) is 3.32. The van der Waals surface area contributed by atoms with Gasteiger partial charge in [-0.05, 0) is 30.3 Å². The van der Waals surface area contributed by atoms with Crippen molar-refractivity contribution in [2.24, 2.45) is 0 Å². The van der Waals surface area contributed by atoms with Crippen molar-refractivity contribution >= 4 is 51.6 Å². The summed E-state index contributed by atoms with van der Waals surface area (Å²) < 4.78 is 5.08. The Balaban J connectivity index is 1.95. The Kier molecular flexibility index (Phi) is 5.35. The molecule has 1 heterocycles. The highest BCUT2D eigenvalue weighted by molar-refractivity contribution is 6.35. The SMILES string of the molecule is COCCNc1nc(Nc2cc(Cl)cc(Cl)c2)nc2ccccc12. The number of nitrogens with one attached hydrogen (secondary N) is 2. The second-order valence-corrected chi connectivity index (χ2v) is 5.99. The predicted molar refractivity (Wildman–Crippen MR) is 99.6 cm³/mol. The number of rotatable bonds is 6. The number of hydrogen-bond acceptors (Lipinski definition) is 5. The summed E-state index contributed by atoms with van der Waals surface area (Å²) in [5, 5.41) is 8.45. The van der Waals surface area contributed by atoms with Gasteiger partial charge in [0.15, 0.2) is 0 Å². The molecule has 0 amide bonds. The molecule has 0 aliphatic carbocycles. The summed E-state index contributed by atoms with van der Waals surface area (Å²) in [6, 6.07) is 13.0. The Morgan fingerprint density at radius 3 is 2.54 bits per heavy atom. The van der Waals surface area contributed by atoms with Crippen molar-refractivity contribution < 1.29 is 4.74 Å². The highest BCUT2D eigenvalue weighted by Gasteiger charge is 2.08. The van der Waals surface area contributed by atoms with Crippen LogP contribution in [-0.2, 0) is 4.74 Å². The van der Waals surface area contributed by atoms with Crippen LogP contribution >= 0.6 is 23.2 Å². The summed E-state index contributed by atoms with van der Waals surface area (Å²) >= 11 is 12.1. The Hall–Kier alpha value is -2.08. The highest BCUT2D eigenvalue weighted by Crippen LogP contribution is 2.26. The average Bonchev–Trinajstić information content (AvgIpc) is 2.54. The number of ether oxygens (including phenoxy) is 1. The lowest BCUT2D eigenvalue weighted by atomic mass is 10.2. The summed E-state index contributed by atoms with van der Waals surface area (Å²) in [5.74, 6) is 1.21. The van der Waals surface area contributed by atoms with E-state index in [1.807, 2.05) is 24.3 Å². The monoisotopic (exact) mass is 362 g/mol. The number of nitrogens with zero attached hydrogens (tertiary/aromatic N) is 2. The van der Waals surface area contributed by atoms with E-state index in [4.69, 9.17) is 27.9 Å². The molecule has 1 aromatic heterocycles. The Bertz CT molecular complexity index is 837. The minimum Gasteiger partial charge on any atom is -0.383 e. The van der Waals surface area contributed by atoms with Crippen molar-refractivity contribution in [2.75, 3.05) is 30.9 Å². The van der Waals surface area contributed by atoms with Crippen LogP contribution in [0.25, 0.3) is 10.9 Å². The van der Waals surface area contributed by atoms with Gasteiger partial charge in [0.05, 0.1) is 12.1 Å². The molecule has 3 aromatic rings. The van der Waals surface area contributed by atoms with Crippen LogP contribution in [0.15, 0.2) is 42.5 Å². The molecular formula is C17H16Cl2N4O. The second-order valence-electron chi connectivity index (χ2n) is 5.12. The standard InChI is InChI=1S/C17H16Cl2N4O/c1-24-7-6-20-16-14-4-2-3-5-15(14)22-17(23-16)21-13-9-11(18)8-12(19)10-13/h2-5,8-10H,6-7H2,1H3,(H2,20,21,22,23). The van der Waals surface area contributed by atoms with Crippen molar-refractivity contribution in [3.05, 3.63) is 52.5 Å². The van der Waals surface area contributed by atoms with Crippen molar-refractivity contribution in [2.45, 2.75) is 0 Å². The van der Waals surface area contributed by atoms with E-state index in [2.05, 4.69) is 20.6 Å². The quantitative estimate of drug-likeness (QED) is 0.620. The molecule has 0 aliphatic heterocycles. The van der Waals surface area contributed by atoms with E-state index in [0.717, 1.165) is 22.4 Å². The van der Waals surface area contributed by atoms with E-state index >= 15 is 0 Å².